The third-order valence-corrected chi connectivity index (χ3v) is 6.51. The average Bonchev–Trinajstić information content (AvgIpc) is 3.06. The molecule has 0 aliphatic heterocycles. The average molecular weight is 550 g/mol. The van der Waals surface area contributed by atoms with Gasteiger partial charge in [0, 0.05) is 17.7 Å². The Balaban J connectivity index is 1.63. The molecular formula is C27H20F10O. The number of halogens is 10. The zero-order chi connectivity index (χ0) is 27.8. The second-order valence-electron chi connectivity index (χ2n) is 9.12. The summed E-state index contributed by atoms with van der Waals surface area (Å²) in [5, 5.41) is 0. The van der Waals surface area contributed by atoms with Gasteiger partial charge in [-0.2, -0.15) is 22.0 Å². The summed E-state index contributed by atoms with van der Waals surface area (Å²) < 4.78 is 143. The molecule has 3 aromatic carbocycles. The first kappa shape index (κ1) is 27.8. The third kappa shape index (κ3) is 5.76. The van der Waals surface area contributed by atoms with Crippen molar-refractivity contribution in [1.82, 2.24) is 0 Å². The van der Waals surface area contributed by atoms with E-state index in [1.54, 1.807) is 6.07 Å². The highest BCUT2D eigenvalue weighted by atomic mass is 19.4. The quantitative estimate of drug-likeness (QED) is 0.227. The van der Waals surface area contributed by atoms with Crippen LogP contribution < -0.4 is 4.74 Å². The first-order valence-corrected chi connectivity index (χ1v) is 11.7. The van der Waals surface area contributed by atoms with Gasteiger partial charge < -0.3 is 4.74 Å². The van der Waals surface area contributed by atoms with Crippen molar-refractivity contribution in [3.8, 4) is 16.9 Å². The van der Waals surface area contributed by atoms with E-state index in [2.05, 4.69) is 4.74 Å². The number of ether oxygens (including phenoxy) is 1. The number of hydrogen-bond donors (Lipinski definition) is 0. The molecule has 0 radical (unpaired) electrons. The van der Waals surface area contributed by atoms with Crippen LogP contribution in [-0.4, -0.2) is 0 Å². The fraction of sp³-hybridized carbons (Fsp3) is 0.333. The monoisotopic (exact) mass is 550 g/mol. The van der Waals surface area contributed by atoms with E-state index in [0.29, 0.717) is 12.1 Å². The van der Waals surface area contributed by atoms with Gasteiger partial charge in [0.05, 0.1) is 0 Å². The van der Waals surface area contributed by atoms with Gasteiger partial charge in [-0.15, -0.1) is 0 Å². The Bertz CT molecular complexity index is 1280. The van der Waals surface area contributed by atoms with Crippen molar-refractivity contribution in [2.24, 2.45) is 0 Å². The summed E-state index contributed by atoms with van der Waals surface area (Å²) in [6, 6.07) is 4.67. The van der Waals surface area contributed by atoms with Gasteiger partial charge in [-0.05, 0) is 48.1 Å². The summed E-state index contributed by atoms with van der Waals surface area (Å²) >= 11 is 0. The van der Waals surface area contributed by atoms with Crippen LogP contribution in [0.5, 0.6) is 5.75 Å². The maximum atomic E-state index is 14.9. The SMILES string of the molecule is Fc1cc(C2CCCCCC2)ccc1-c1cc(F)c(C(F)(F)Oc2cc(F)c(C(F)(F)F)c(F)c2)c(F)c1. The lowest BCUT2D eigenvalue weighted by Gasteiger charge is -2.21. The lowest BCUT2D eigenvalue weighted by atomic mass is 9.90. The van der Waals surface area contributed by atoms with Crippen LogP contribution in [0.3, 0.4) is 0 Å². The molecule has 204 valence electrons. The fourth-order valence-corrected chi connectivity index (χ4v) is 4.72. The van der Waals surface area contributed by atoms with Crippen molar-refractivity contribution in [2.75, 3.05) is 0 Å². The van der Waals surface area contributed by atoms with E-state index in [9.17, 15) is 43.9 Å². The van der Waals surface area contributed by atoms with E-state index in [-0.39, 0.29) is 23.6 Å². The van der Waals surface area contributed by atoms with Crippen LogP contribution >= 0.6 is 0 Å². The molecule has 38 heavy (non-hydrogen) atoms. The highest BCUT2D eigenvalue weighted by molar-refractivity contribution is 5.65. The summed E-state index contributed by atoms with van der Waals surface area (Å²) in [7, 11) is 0. The molecule has 1 aliphatic rings. The minimum absolute atomic E-state index is 0.132. The standard InChI is InChI=1S/C27H20F10O/c28-19-9-15(14-5-3-1-2-4-6-14)7-8-18(19)16-10-20(29)25(21(30)11-16)27(36,37)38-17-12-22(31)24(23(32)13-17)26(33,34)35/h7-14H,1-6H2. The van der Waals surface area contributed by atoms with Crippen molar-refractivity contribution >= 4 is 0 Å². The van der Waals surface area contributed by atoms with E-state index >= 15 is 0 Å². The van der Waals surface area contributed by atoms with Crippen LogP contribution in [0.25, 0.3) is 11.1 Å². The summed E-state index contributed by atoms with van der Waals surface area (Å²) in [4.78, 5) is 0. The van der Waals surface area contributed by atoms with E-state index in [1.807, 2.05) is 0 Å². The second kappa shape index (κ2) is 10.5. The molecule has 0 bridgehead atoms. The fourth-order valence-electron chi connectivity index (χ4n) is 4.72. The molecule has 1 saturated carbocycles. The van der Waals surface area contributed by atoms with E-state index in [4.69, 9.17) is 0 Å². The van der Waals surface area contributed by atoms with Crippen molar-refractivity contribution in [3.63, 3.8) is 0 Å². The largest absolute Gasteiger partial charge is 0.432 e. The Kier molecular flexibility index (Phi) is 7.67. The zero-order valence-corrected chi connectivity index (χ0v) is 19.5. The maximum Gasteiger partial charge on any atom is 0.432 e. The normalized spacial score (nSPS) is 15.4. The number of rotatable bonds is 5. The zero-order valence-electron chi connectivity index (χ0n) is 19.5. The molecule has 0 atom stereocenters. The van der Waals surface area contributed by atoms with Crippen LogP contribution in [0.1, 0.15) is 61.1 Å². The number of alkyl halides is 5. The highest BCUT2D eigenvalue weighted by Gasteiger charge is 2.43. The molecule has 1 fully saturated rings. The van der Waals surface area contributed by atoms with Crippen LogP contribution in [0.2, 0.25) is 0 Å². The van der Waals surface area contributed by atoms with Gasteiger partial charge in [0.25, 0.3) is 0 Å². The molecule has 1 aliphatic carbocycles. The first-order chi connectivity index (χ1) is 17.8. The second-order valence-corrected chi connectivity index (χ2v) is 9.12. The van der Waals surface area contributed by atoms with Crippen molar-refractivity contribution < 1.29 is 48.6 Å². The Hall–Kier alpha value is -3.24. The van der Waals surface area contributed by atoms with Gasteiger partial charge in [0.2, 0.25) is 0 Å². The maximum absolute atomic E-state index is 14.9. The summed E-state index contributed by atoms with van der Waals surface area (Å²) in [6.07, 6.45) is -4.46. The lowest BCUT2D eigenvalue weighted by molar-refractivity contribution is -0.189. The van der Waals surface area contributed by atoms with Gasteiger partial charge in [-0.1, -0.05) is 37.8 Å². The molecule has 1 nitrogen and oxygen atoms in total. The molecule has 0 unspecified atom stereocenters. The summed E-state index contributed by atoms with van der Waals surface area (Å²) in [6.45, 7) is 0. The Morgan fingerprint density at radius 2 is 1.13 bits per heavy atom. The topological polar surface area (TPSA) is 9.23 Å². The van der Waals surface area contributed by atoms with Gasteiger partial charge in [0.15, 0.2) is 0 Å². The smallest absolute Gasteiger partial charge is 0.429 e. The molecule has 0 aromatic heterocycles. The Morgan fingerprint density at radius 1 is 0.605 bits per heavy atom. The third-order valence-electron chi connectivity index (χ3n) is 6.51. The van der Waals surface area contributed by atoms with E-state index in [0.717, 1.165) is 44.1 Å². The minimum atomic E-state index is -5.47. The molecule has 11 heteroatoms. The lowest BCUT2D eigenvalue weighted by Crippen LogP contribution is -2.25. The predicted molar refractivity (Wildman–Crippen MR) is 118 cm³/mol. The number of hydrogen-bond acceptors (Lipinski definition) is 1. The van der Waals surface area contributed by atoms with Crippen LogP contribution in [-0.2, 0) is 12.3 Å². The summed E-state index contributed by atoms with van der Waals surface area (Å²) in [5.41, 5.74) is -4.24. The summed E-state index contributed by atoms with van der Waals surface area (Å²) in [5.74, 6) is -10.4. The molecule has 0 N–H and O–H groups in total. The van der Waals surface area contributed by atoms with Crippen molar-refractivity contribution in [3.05, 3.63) is 88.2 Å². The molecule has 4 rings (SSSR count). The molecule has 0 spiro atoms. The highest BCUT2D eigenvalue weighted by Crippen LogP contribution is 2.41. The van der Waals surface area contributed by atoms with E-state index in [1.165, 1.54) is 12.1 Å². The molecule has 0 heterocycles. The molecule has 0 amide bonds. The minimum Gasteiger partial charge on any atom is -0.429 e. The Morgan fingerprint density at radius 3 is 1.63 bits per heavy atom. The van der Waals surface area contributed by atoms with Gasteiger partial charge in [-0.3, -0.25) is 0 Å². The van der Waals surface area contributed by atoms with Crippen LogP contribution in [0.15, 0.2) is 42.5 Å². The van der Waals surface area contributed by atoms with Crippen LogP contribution in [0.4, 0.5) is 43.9 Å². The Labute approximate surface area is 211 Å². The molecule has 0 saturated heterocycles. The molecular weight excluding hydrogens is 530 g/mol. The number of benzene rings is 3. The van der Waals surface area contributed by atoms with Crippen molar-refractivity contribution in [2.45, 2.75) is 56.7 Å². The van der Waals surface area contributed by atoms with Gasteiger partial charge in [0.1, 0.15) is 46.0 Å². The van der Waals surface area contributed by atoms with Crippen LogP contribution in [0, 0.1) is 29.1 Å². The predicted octanol–water partition coefficient (Wildman–Crippen LogP) is 9.63. The van der Waals surface area contributed by atoms with Gasteiger partial charge in [-0.25, -0.2) is 22.0 Å². The first-order valence-electron chi connectivity index (χ1n) is 11.7. The van der Waals surface area contributed by atoms with Gasteiger partial charge >= 0.3 is 12.3 Å². The van der Waals surface area contributed by atoms with Crippen molar-refractivity contribution in [1.29, 1.82) is 0 Å². The van der Waals surface area contributed by atoms with E-state index < -0.39 is 63.8 Å². The molecule has 3 aromatic rings.